The second-order valence-electron chi connectivity index (χ2n) is 6.66. The molecule has 1 fully saturated rings. The van der Waals surface area contributed by atoms with Crippen molar-refractivity contribution in [2.75, 3.05) is 6.61 Å². The summed E-state index contributed by atoms with van der Waals surface area (Å²) in [6.45, 7) is 8.95. The van der Waals surface area contributed by atoms with Gasteiger partial charge in [0, 0.05) is 12.2 Å². The molecule has 0 bridgehead atoms. The first kappa shape index (κ1) is 18.7. The van der Waals surface area contributed by atoms with Crippen LogP contribution in [0.5, 0.6) is 0 Å². The van der Waals surface area contributed by atoms with Crippen molar-refractivity contribution in [2.45, 2.75) is 65.9 Å². The topological polar surface area (TPSA) is 52.6 Å². The normalized spacial score (nSPS) is 25.4. The SMILES string of the molecule is CCCCOC(=O)C=CC(=O)OC1CC(C)CCC1C(C)C. The Morgan fingerprint density at radius 1 is 1.18 bits per heavy atom. The summed E-state index contributed by atoms with van der Waals surface area (Å²) in [5.41, 5.74) is 0. The number of esters is 2. The fraction of sp³-hybridized carbons (Fsp3) is 0.778. The molecule has 1 aliphatic carbocycles. The number of carbonyl (C=O) groups excluding carboxylic acids is 2. The molecule has 1 rings (SSSR count). The van der Waals surface area contributed by atoms with Crippen molar-refractivity contribution < 1.29 is 19.1 Å². The summed E-state index contributed by atoms with van der Waals surface area (Å²) in [4.78, 5) is 23.3. The van der Waals surface area contributed by atoms with Crippen LogP contribution in [0.1, 0.15) is 59.8 Å². The monoisotopic (exact) mass is 310 g/mol. The fourth-order valence-electron chi connectivity index (χ4n) is 2.94. The van der Waals surface area contributed by atoms with E-state index in [9.17, 15) is 9.59 Å². The van der Waals surface area contributed by atoms with Crippen molar-refractivity contribution in [1.29, 1.82) is 0 Å². The van der Waals surface area contributed by atoms with E-state index in [1.807, 2.05) is 6.92 Å². The summed E-state index contributed by atoms with van der Waals surface area (Å²) in [6, 6.07) is 0. The lowest BCUT2D eigenvalue weighted by atomic mass is 9.75. The van der Waals surface area contributed by atoms with E-state index in [1.54, 1.807) is 0 Å². The predicted octanol–water partition coefficient (Wildman–Crippen LogP) is 3.89. The van der Waals surface area contributed by atoms with E-state index in [-0.39, 0.29) is 6.10 Å². The molecule has 0 aromatic carbocycles. The molecular formula is C18H30O4. The number of rotatable bonds is 7. The van der Waals surface area contributed by atoms with Crippen molar-refractivity contribution in [2.24, 2.45) is 17.8 Å². The second kappa shape index (κ2) is 9.65. The Morgan fingerprint density at radius 2 is 1.86 bits per heavy atom. The van der Waals surface area contributed by atoms with Gasteiger partial charge < -0.3 is 9.47 Å². The van der Waals surface area contributed by atoms with Gasteiger partial charge in [-0.1, -0.05) is 40.5 Å². The highest BCUT2D eigenvalue weighted by Gasteiger charge is 2.32. The summed E-state index contributed by atoms with van der Waals surface area (Å²) >= 11 is 0. The van der Waals surface area contributed by atoms with E-state index in [0.29, 0.717) is 24.4 Å². The van der Waals surface area contributed by atoms with Crippen LogP contribution in [0.4, 0.5) is 0 Å². The Bertz CT molecular complexity index is 387. The first-order chi connectivity index (χ1) is 10.4. The fourth-order valence-corrected chi connectivity index (χ4v) is 2.94. The highest BCUT2D eigenvalue weighted by molar-refractivity contribution is 5.91. The van der Waals surface area contributed by atoms with Gasteiger partial charge >= 0.3 is 11.9 Å². The van der Waals surface area contributed by atoms with Crippen LogP contribution in [0.2, 0.25) is 0 Å². The number of hydrogen-bond acceptors (Lipinski definition) is 4. The minimum Gasteiger partial charge on any atom is -0.463 e. The molecule has 0 heterocycles. The number of carbonyl (C=O) groups is 2. The molecule has 3 unspecified atom stereocenters. The van der Waals surface area contributed by atoms with Crippen molar-refractivity contribution in [3.05, 3.63) is 12.2 Å². The molecule has 126 valence electrons. The molecule has 4 heteroatoms. The van der Waals surface area contributed by atoms with Crippen molar-refractivity contribution in [3.63, 3.8) is 0 Å². The first-order valence-corrected chi connectivity index (χ1v) is 8.49. The summed E-state index contributed by atoms with van der Waals surface area (Å²) < 4.78 is 10.5. The van der Waals surface area contributed by atoms with Gasteiger partial charge in [0.2, 0.25) is 0 Å². The molecule has 0 radical (unpaired) electrons. The highest BCUT2D eigenvalue weighted by Crippen LogP contribution is 2.35. The standard InChI is InChI=1S/C18H30O4/c1-5-6-11-21-17(19)9-10-18(20)22-16-12-14(4)7-8-15(16)13(2)3/h9-10,13-16H,5-8,11-12H2,1-4H3. The molecule has 3 atom stereocenters. The first-order valence-electron chi connectivity index (χ1n) is 8.49. The van der Waals surface area contributed by atoms with E-state index < -0.39 is 11.9 Å². The largest absolute Gasteiger partial charge is 0.463 e. The van der Waals surface area contributed by atoms with E-state index in [0.717, 1.165) is 31.8 Å². The molecule has 0 aromatic heterocycles. The second-order valence-corrected chi connectivity index (χ2v) is 6.66. The number of hydrogen-bond donors (Lipinski definition) is 0. The maximum absolute atomic E-state index is 11.9. The molecule has 4 nitrogen and oxygen atoms in total. The molecule has 1 saturated carbocycles. The summed E-state index contributed by atoms with van der Waals surface area (Å²) in [7, 11) is 0. The van der Waals surface area contributed by atoms with Gasteiger partial charge in [-0.3, -0.25) is 0 Å². The zero-order valence-corrected chi connectivity index (χ0v) is 14.3. The molecule has 22 heavy (non-hydrogen) atoms. The van der Waals surface area contributed by atoms with Gasteiger partial charge in [0.25, 0.3) is 0 Å². The van der Waals surface area contributed by atoms with Crippen LogP contribution >= 0.6 is 0 Å². The van der Waals surface area contributed by atoms with Gasteiger partial charge in [0.1, 0.15) is 6.10 Å². The Morgan fingerprint density at radius 3 is 2.50 bits per heavy atom. The third-order valence-electron chi connectivity index (χ3n) is 4.33. The smallest absolute Gasteiger partial charge is 0.331 e. The van der Waals surface area contributed by atoms with Crippen LogP contribution < -0.4 is 0 Å². The van der Waals surface area contributed by atoms with Crippen LogP contribution in [0, 0.1) is 17.8 Å². The molecule has 1 aliphatic rings. The van der Waals surface area contributed by atoms with Gasteiger partial charge in [-0.2, -0.15) is 0 Å². The highest BCUT2D eigenvalue weighted by atomic mass is 16.5. The van der Waals surface area contributed by atoms with Crippen LogP contribution in [0.15, 0.2) is 12.2 Å². The summed E-state index contributed by atoms with van der Waals surface area (Å²) in [5, 5.41) is 0. The molecular weight excluding hydrogens is 280 g/mol. The molecule has 0 spiro atoms. The Hall–Kier alpha value is -1.32. The van der Waals surface area contributed by atoms with Crippen LogP contribution in [0.25, 0.3) is 0 Å². The van der Waals surface area contributed by atoms with Gasteiger partial charge in [-0.15, -0.1) is 0 Å². The van der Waals surface area contributed by atoms with E-state index in [1.165, 1.54) is 12.5 Å². The Kier molecular flexibility index (Phi) is 8.21. The Balaban J connectivity index is 2.46. The maximum Gasteiger partial charge on any atom is 0.331 e. The zero-order valence-electron chi connectivity index (χ0n) is 14.3. The minimum absolute atomic E-state index is 0.0444. The number of unbranched alkanes of at least 4 members (excludes halogenated alkanes) is 1. The molecule has 0 aromatic rings. The molecule has 0 amide bonds. The lowest BCUT2D eigenvalue weighted by molar-refractivity contribution is -0.150. The van der Waals surface area contributed by atoms with Crippen molar-refractivity contribution >= 4 is 11.9 Å². The maximum atomic E-state index is 11.9. The lowest BCUT2D eigenvalue weighted by Crippen LogP contribution is -2.35. The van der Waals surface area contributed by atoms with Crippen LogP contribution in [-0.2, 0) is 19.1 Å². The average molecular weight is 310 g/mol. The quantitative estimate of drug-likeness (QED) is 0.407. The van der Waals surface area contributed by atoms with Gasteiger partial charge in [0.15, 0.2) is 0 Å². The van der Waals surface area contributed by atoms with Crippen LogP contribution in [-0.4, -0.2) is 24.6 Å². The third-order valence-corrected chi connectivity index (χ3v) is 4.33. The van der Waals surface area contributed by atoms with E-state index >= 15 is 0 Å². The summed E-state index contributed by atoms with van der Waals surface area (Å²) in [6.07, 6.45) is 7.30. The minimum atomic E-state index is -0.483. The number of ether oxygens (including phenoxy) is 2. The van der Waals surface area contributed by atoms with Gasteiger partial charge in [-0.05, 0) is 37.0 Å². The zero-order chi connectivity index (χ0) is 16.5. The molecule has 0 N–H and O–H groups in total. The lowest BCUT2D eigenvalue weighted by Gasteiger charge is -2.36. The van der Waals surface area contributed by atoms with Crippen molar-refractivity contribution in [3.8, 4) is 0 Å². The molecule has 0 aliphatic heterocycles. The van der Waals surface area contributed by atoms with Crippen LogP contribution in [0.3, 0.4) is 0 Å². The van der Waals surface area contributed by atoms with Gasteiger partial charge in [0.05, 0.1) is 6.61 Å². The van der Waals surface area contributed by atoms with E-state index in [2.05, 4.69) is 20.8 Å². The predicted molar refractivity (Wildman–Crippen MR) is 86.2 cm³/mol. The van der Waals surface area contributed by atoms with Gasteiger partial charge in [-0.25, -0.2) is 9.59 Å². The summed E-state index contributed by atoms with van der Waals surface area (Å²) in [5.74, 6) is 0.550. The Labute approximate surface area is 134 Å². The average Bonchev–Trinajstić information content (AvgIpc) is 2.45. The third kappa shape index (κ3) is 6.63. The van der Waals surface area contributed by atoms with E-state index in [4.69, 9.17) is 9.47 Å². The van der Waals surface area contributed by atoms with Crippen molar-refractivity contribution in [1.82, 2.24) is 0 Å². The molecule has 0 saturated heterocycles.